The van der Waals surface area contributed by atoms with Gasteiger partial charge in [0.1, 0.15) is 23.7 Å². The summed E-state index contributed by atoms with van der Waals surface area (Å²) in [6.07, 6.45) is -2.92. The highest BCUT2D eigenvalue weighted by molar-refractivity contribution is 5.97. The van der Waals surface area contributed by atoms with Crippen LogP contribution in [0.4, 0.5) is 19.0 Å². The average molecular weight is 300 g/mol. The Kier molecular flexibility index (Phi) is 4.05. The quantitative estimate of drug-likeness (QED) is 0.762. The van der Waals surface area contributed by atoms with Crippen molar-refractivity contribution in [3.8, 4) is 0 Å². The minimum Gasteiger partial charge on any atom is -0.369 e. The molecule has 21 heavy (non-hydrogen) atoms. The molecule has 4 N–H and O–H groups in total. The van der Waals surface area contributed by atoms with Crippen molar-refractivity contribution in [2.45, 2.75) is 12.6 Å². The van der Waals surface area contributed by atoms with Gasteiger partial charge in [-0.3, -0.25) is 9.89 Å². The molecule has 0 aliphatic carbocycles. The van der Waals surface area contributed by atoms with Gasteiger partial charge in [-0.1, -0.05) is 0 Å². The van der Waals surface area contributed by atoms with Crippen LogP contribution in [0.15, 0.2) is 18.5 Å². The highest BCUT2D eigenvalue weighted by Crippen LogP contribution is 2.29. The van der Waals surface area contributed by atoms with Crippen molar-refractivity contribution in [3.05, 3.63) is 35.5 Å². The maximum atomic E-state index is 12.6. The topological polar surface area (TPSA) is 110 Å². The summed E-state index contributed by atoms with van der Waals surface area (Å²) in [5.41, 5.74) is 3.90. The van der Waals surface area contributed by atoms with Crippen molar-refractivity contribution in [2.24, 2.45) is 5.73 Å². The van der Waals surface area contributed by atoms with E-state index in [0.29, 0.717) is 18.3 Å². The molecule has 0 fully saturated rings. The minimum absolute atomic E-state index is 0.111. The molecule has 0 aliphatic rings. The van der Waals surface area contributed by atoms with Crippen LogP contribution >= 0.6 is 0 Å². The SMILES string of the molecule is NC(=O)c1ccc(C(F)(F)F)nc1NCCc1ncn[nH]1. The maximum absolute atomic E-state index is 12.6. The third-order valence-corrected chi connectivity index (χ3v) is 2.57. The molecule has 0 aromatic carbocycles. The largest absolute Gasteiger partial charge is 0.433 e. The van der Waals surface area contributed by atoms with Crippen LogP contribution in [0.25, 0.3) is 0 Å². The average Bonchev–Trinajstić information content (AvgIpc) is 2.90. The molecular formula is C11H11F3N6O. The minimum atomic E-state index is -4.60. The van der Waals surface area contributed by atoms with E-state index in [2.05, 4.69) is 25.5 Å². The number of nitrogens with two attached hydrogens (primary N) is 1. The van der Waals surface area contributed by atoms with Crippen molar-refractivity contribution in [2.75, 3.05) is 11.9 Å². The molecule has 0 aliphatic heterocycles. The first-order valence-corrected chi connectivity index (χ1v) is 5.84. The molecule has 0 saturated carbocycles. The number of H-pyrrole nitrogens is 1. The lowest BCUT2D eigenvalue weighted by molar-refractivity contribution is -0.141. The summed E-state index contributed by atoms with van der Waals surface area (Å²) in [7, 11) is 0. The normalized spacial score (nSPS) is 11.4. The Morgan fingerprint density at radius 1 is 1.38 bits per heavy atom. The molecule has 1 amide bonds. The number of aromatic nitrogens is 4. The van der Waals surface area contributed by atoms with Crippen LogP contribution in [0.1, 0.15) is 21.9 Å². The van der Waals surface area contributed by atoms with E-state index in [9.17, 15) is 18.0 Å². The second-order valence-electron chi connectivity index (χ2n) is 4.06. The summed E-state index contributed by atoms with van der Waals surface area (Å²) in [5, 5.41) is 8.89. The summed E-state index contributed by atoms with van der Waals surface area (Å²) in [6, 6.07) is 1.71. The number of rotatable bonds is 5. The van der Waals surface area contributed by atoms with Crippen LogP contribution in [0, 0.1) is 0 Å². The zero-order chi connectivity index (χ0) is 15.5. The summed E-state index contributed by atoms with van der Waals surface area (Å²) < 4.78 is 37.8. The number of pyridine rings is 1. The molecule has 0 saturated heterocycles. The molecule has 0 bridgehead atoms. The number of carbonyl (C=O) groups excluding carboxylic acids is 1. The van der Waals surface area contributed by atoms with E-state index in [1.165, 1.54) is 6.33 Å². The molecule has 0 spiro atoms. The first kappa shape index (κ1) is 14.8. The second kappa shape index (κ2) is 5.77. The zero-order valence-corrected chi connectivity index (χ0v) is 10.6. The highest BCUT2D eigenvalue weighted by Gasteiger charge is 2.33. The first-order valence-electron chi connectivity index (χ1n) is 5.84. The van der Waals surface area contributed by atoms with Crippen molar-refractivity contribution >= 4 is 11.7 Å². The number of anilines is 1. The van der Waals surface area contributed by atoms with E-state index in [-0.39, 0.29) is 17.9 Å². The van der Waals surface area contributed by atoms with Crippen LogP contribution in [-0.4, -0.2) is 32.6 Å². The van der Waals surface area contributed by atoms with Gasteiger partial charge in [-0.2, -0.15) is 18.3 Å². The summed E-state index contributed by atoms with van der Waals surface area (Å²) in [6.45, 7) is 0.212. The molecule has 0 atom stereocenters. The van der Waals surface area contributed by atoms with Crippen molar-refractivity contribution in [3.63, 3.8) is 0 Å². The number of alkyl halides is 3. The third-order valence-electron chi connectivity index (χ3n) is 2.57. The smallest absolute Gasteiger partial charge is 0.369 e. The number of amides is 1. The van der Waals surface area contributed by atoms with Crippen molar-refractivity contribution < 1.29 is 18.0 Å². The van der Waals surface area contributed by atoms with Gasteiger partial charge in [-0.15, -0.1) is 0 Å². The first-order chi connectivity index (χ1) is 9.88. The number of nitrogens with one attached hydrogen (secondary N) is 2. The van der Waals surface area contributed by atoms with Gasteiger partial charge in [0.25, 0.3) is 5.91 Å². The number of aromatic amines is 1. The lowest BCUT2D eigenvalue weighted by Gasteiger charge is -2.12. The zero-order valence-electron chi connectivity index (χ0n) is 10.6. The Balaban J connectivity index is 2.16. The molecule has 0 radical (unpaired) electrons. The van der Waals surface area contributed by atoms with Gasteiger partial charge >= 0.3 is 6.18 Å². The standard InChI is InChI=1S/C11H11F3N6O/c12-11(13,14)7-2-1-6(9(15)21)10(19-7)16-4-3-8-17-5-18-20-8/h1-2,5H,3-4H2,(H2,15,21)(H,16,19)(H,17,18,20). The lowest BCUT2D eigenvalue weighted by atomic mass is 10.2. The molecule has 0 unspecified atom stereocenters. The van der Waals surface area contributed by atoms with E-state index < -0.39 is 17.8 Å². The van der Waals surface area contributed by atoms with Crippen molar-refractivity contribution in [1.29, 1.82) is 0 Å². The van der Waals surface area contributed by atoms with Gasteiger partial charge in [0.05, 0.1) is 5.56 Å². The molecule has 2 heterocycles. The Labute approximate surface area is 116 Å². The maximum Gasteiger partial charge on any atom is 0.433 e. The van der Waals surface area contributed by atoms with E-state index in [4.69, 9.17) is 5.73 Å². The fourth-order valence-electron chi connectivity index (χ4n) is 1.60. The fraction of sp³-hybridized carbons (Fsp3) is 0.273. The molecule has 112 valence electrons. The van der Waals surface area contributed by atoms with Crippen LogP contribution in [0.3, 0.4) is 0 Å². The van der Waals surface area contributed by atoms with E-state index in [1.807, 2.05) is 0 Å². The number of carbonyl (C=O) groups is 1. The molecule has 10 heteroatoms. The monoisotopic (exact) mass is 300 g/mol. The van der Waals surface area contributed by atoms with Gasteiger partial charge < -0.3 is 11.1 Å². The Morgan fingerprint density at radius 3 is 2.71 bits per heavy atom. The summed E-state index contributed by atoms with van der Waals surface area (Å²) in [5.74, 6) is -0.523. The predicted octanol–water partition coefficient (Wildman–Crippen LogP) is 0.972. The molecule has 7 nitrogen and oxygen atoms in total. The van der Waals surface area contributed by atoms with Crippen LogP contribution in [0.2, 0.25) is 0 Å². The fourth-order valence-corrected chi connectivity index (χ4v) is 1.60. The lowest BCUT2D eigenvalue weighted by Crippen LogP contribution is -2.19. The Morgan fingerprint density at radius 2 is 2.14 bits per heavy atom. The van der Waals surface area contributed by atoms with Crippen LogP contribution < -0.4 is 11.1 Å². The molecular weight excluding hydrogens is 289 g/mol. The van der Waals surface area contributed by atoms with Crippen LogP contribution in [-0.2, 0) is 12.6 Å². The summed E-state index contributed by atoms with van der Waals surface area (Å²) >= 11 is 0. The summed E-state index contributed by atoms with van der Waals surface area (Å²) in [4.78, 5) is 18.5. The van der Waals surface area contributed by atoms with Gasteiger partial charge in [-0.05, 0) is 12.1 Å². The van der Waals surface area contributed by atoms with Gasteiger partial charge in [0.2, 0.25) is 0 Å². The van der Waals surface area contributed by atoms with Gasteiger partial charge in [-0.25, -0.2) is 9.97 Å². The second-order valence-corrected chi connectivity index (χ2v) is 4.06. The number of primary amides is 1. The highest BCUT2D eigenvalue weighted by atomic mass is 19.4. The van der Waals surface area contributed by atoms with Crippen molar-refractivity contribution in [1.82, 2.24) is 20.2 Å². The number of halogens is 3. The van der Waals surface area contributed by atoms with Gasteiger partial charge in [0.15, 0.2) is 0 Å². The molecule has 2 aromatic heterocycles. The Bertz CT molecular complexity index is 625. The molecule has 2 rings (SSSR count). The van der Waals surface area contributed by atoms with E-state index in [0.717, 1.165) is 6.07 Å². The number of hydrogen-bond donors (Lipinski definition) is 3. The number of nitrogens with zero attached hydrogens (tertiary/aromatic N) is 3. The predicted molar refractivity (Wildman–Crippen MR) is 66.3 cm³/mol. The Hall–Kier alpha value is -2.65. The van der Waals surface area contributed by atoms with E-state index >= 15 is 0 Å². The number of hydrogen-bond acceptors (Lipinski definition) is 5. The third kappa shape index (κ3) is 3.68. The van der Waals surface area contributed by atoms with Gasteiger partial charge in [0, 0.05) is 13.0 Å². The van der Waals surface area contributed by atoms with E-state index in [1.54, 1.807) is 0 Å². The molecule has 2 aromatic rings. The van der Waals surface area contributed by atoms with Crippen LogP contribution in [0.5, 0.6) is 0 Å².